The van der Waals surface area contributed by atoms with Gasteiger partial charge < -0.3 is 4.74 Å². The quantitative estimate of drug-likeness (QED) is 0.669. The van der Waals surface area contributed by atoms with E-state index in [0.29, 0.717) is 10.2 Å². The molecule has 0 N–H and O–H groups in total. The third-order valence-corrected chi connectivity index (χ3v) is 4.54. The zero-order chi connectivity index (χ0) is 17.3. The highest BCUT2D eigenvalue weighted by Gasteiger charge is 2.26. The van der Waals surface area contributed by atoms with E-state index in [1.54, 1.807) is 6.07 Å². The van der Waals surface area contributed by atoms with Gasteiger partial charge in [0.1, 0.15) is 10.8 Å². The maximum atomic E-state index is 13.5. The SMILES string of the molecule is COc1cc(C(=O)[C@H](C#N)c2nc3cc(F)ccc3s2)ccc1F. The summed E-state index contributed by atoms with van der Waals surface area (Å²) < 4.78 is 32.3. The van der Waals surface area contributed by atoms with E-state index >= 15 is 0 Å². The largest absolute Gasteiger partial charge is 0.494 e. The molecule has 0 aliphatic carbocycles. The highest BCUT2D eigenvalue weighted by molar-refractivity contribution is 7.18. The number of carbonyl (C=O) groups is 1. The molecule has 120 valence electrons. The van der Waals surface area contributed by atoms with Gasteiger partial charge in [-0.2, -0.15) is 5.26 Å². The van der Waals surface area contributed by atoms with Crippen LogP contribution < -0.4 is 4.74 Å². The van der Waals surface area contributed by atoms with E-state index in [1.165, 1.54) is 31.4 Å². The second-order valence-corrected chi connectivity index (χ2v) is 6.00. The standard InChI is InChI=1S/C17H10F2N2O2S/c1-23-14-6-9(2-4-12(14)19)16(22)11(8-20)17-21-13-7-10(18)3-5-15(13)24-17/h2-7,11H,1H3/t11-/m0/s1. The van der Waals surface area contributed by atoms with Crippen molar-refractivity contribution in [1.29, 1.82) is 5.26 Å². The molecule has 3 rings (SSSR count). The first kappa shape index (κ1) is 16.0. The fourth-order valence-corrected chi connectivity index (χ4v) is 3.24. The number of hydrogen-bond acceptors (Lipinski definition) is 5. The molecule has 3 aromatic rings. The number of methoxy groups -OCH3 is 1. The molecule has 0 saturated heterocycles. The third kappa shape index (κ3) is 2.84. The smallest absolute Gasteiger partial charge is 0.187 e. The van der Waals surface area contributed by atoms with Crippen LogP contribution in [0.5, 0.6) is 5.75 Å². The Labute approximate surface area is 139 Å². The van der Waals surface area contributed by atoms with Gasteiger partial charge in [0, 0.05) is 11.6 Å². The summed E-state index contributed by atoms with van der Waals surface area (Å²) in [6, 6.07) is 9.64. The van der Waals surface area contributed by atoms with E-state index in [4.69, 9.17) is 4.74 Å². The molecule has 0 saturated carbocycles. The van der Waals surface area contributed by atoms with E-state index in [9.17, 15) is 18.8 Å². The lowest BCUT2D eigenvalue weighted by atomic mass is 9.99. The molecule has 4 nitrogen and oxygen atoms in total. The molecule has 0 unspecified atom stereocenters. The molecule has 0 radical (unpaired) electrons. The number of hydrogen-bond donors (Lipinski definition) is 0. The van der Waals surface area contributed by atoms with Gasteiger partial charge in [-0.25, -0.2) is 13.8 Å². The number of nitrogens with zero attached hydrogens (tertiary/aromatic N) is 2. The van der Waals surface area contributed by atoms with Crippen molar-refractivity contribution in [3.05, 3.63) is 58.6 Å². The van der Waals surface area contributed by atoms with Crippen LogP contribution in [0.15, 0.2) is 36.4 Å². The van der Waals surface area contributed by atoms with Crippen LogP contribution in [-0.2, 0) is 0 Å². The number of halogens is 2. The van der Waals surface area contributed by atoms with Gasteiger partial charge in [-0.15, -0.1) is 11.3 Å². The number of ketones is 1. The molecule has 0 bridgehead atoms. The lowest BCUT2D eigenvalue weighted by Gasteiger charge is -2.07. The fourth-order valence-electron chi connectivity index (χ4n) is 2.25. The monoisotopic (exact) mass is 344 g/mol. The maximum absolute atomic E-state index is 13.5. The van der Waals surface area contributed by atoms with Crippen LogP contribution in [0.1, 0.15) is 21.3 Å². The Morgan fingerprint density at radius 1 is 1.29 bits per heavy atom. The molecule has 2 aromatic carbocycles. The number of ether oxygens (including phenoxy) is 1. The zero-order valence-corrected chi connectivity index (χ0v) is 13.2. The van der Waals surface area contributed by atoms with E-state index in [2.05, 4.69) is 4.98 Å². The fraction of sp³-hybridized carbons (Fsp3) is 0.118. The summed E-state index contributed by atoms with van der Waals surface area (Å²) in [4.78, 5) is 16.8. The number of rotatable bonds is 4. The average Bonchev–Trinajstić information content (AvgIpc) is 2.98. The first-order valence-corrected chi connectivity index (χ1v) is 7.68. The Morgan fingerprint density at radius 2 is 2.08 bits per heavy atom. The van der Waals surface area contributed by atoms with Crippen LogP contribution in [0.2, 0.25) is 0 Å². The van der Waals surface area contributed by atoms with E-state index in [1.807, 2.05) is 6.07 Å². The minimum absolute atomic E-state index is 0.0797. The summed E-state index contributed by atoms with van der Waals surface area (Å²) >= 11 is 1.15. The molecule has 0 amide bonds. The number of carbonyl (C=O) groups excluding carboxylic acids is 1. The molecule has 24 heavy (non-hydrogen) atoms. The summed E-state index contributed by atoms with van der Waals surface area (Å²) in [7, 11) is 1.29. The number of nitriles is 1. The first-order valence-electron chi connectivity index (χ1n) is 6.87. The van der Waals surface area contributed by atoms with Crippen molar-refractivity contribution in [3.63, 3.8) is 0 Å². The summed E-state index contributed by atoms with van der Waals surface area (Å²) in [5.74, 6) is -2.79. The molecular formula is C17H10F2N2O2S. The van der Waals surface area contributed by atoms with Crippen molar-refractivity contribution >= 4 is 27.3 Å². The molecule has 1 aromatic heterocycles. The van der Waals surface area contributed by atoms with Crippen molar-refractivity contribution in [2.24, 2.45) is 0 Å². The Kier molecular flexibility index (Phi) is 4.23. The Hall–Kier alpha value is -2.85. The number of benzene rings is 2. The summed E-state index contributed by atoms with van der Waals surface area (Å²) in [6.07, 6.45) is 0. The van der Waals surface area contributed by atoms with E-state index in [-0.39, 0.29) is 16.3 Å². The predicted octanol–water partition coefficient (Wildman–Crippen LogP) is 4.07. The Balaban J connectivity index is 2.01. The molecule has 0 fully saturated rings. The summed E-state index contributed by atoms with van der Waals surface area (Å²) in [5.41, 5.74) is 0.532. The summed E-state index contributed by atoms with van der Waals surface area (Å²) in [5, 5.41) is 9.66. The molecule has 0 aliphatic heterocycles. The van der Waals surface area contributed by atoms with Crippen LogP contribution in [-0.4, -0.2) is 17.9 Å². The van der Waals surface area contributed by atoms with Gasteiger partial charge in [0.15, 0.2) is 23.3 Å². The van der Waals surface area contributed by atoms with Gasteiger partial charge in [0.05, 0.1) is 23.4 Å². The molecule has 1 heterocycles. The maximum Gasteiger partial charge on any atom is 0.187 e. The van der Waals surface area contributed by atoms with Crippen LogP contribution in [0.3, 0.4) is 0 Å². The normalized spacial score (nSPS) is 11.9. The summed E-state index contributed by atoms with van der Waals surface area (Å²) in [6.45, 7) is 0. The van der Waals surface area contributed by atoms with Crippen LogP contribution in [0.25, 0.3) is 10.2 Å². The Morgan fingerprint density at radius 3 is 2.79 bits per heavy atom. The highest BCUT2D eigenvalue weighted by atomic mass is 32.1. The molecule has 0 aliphatic rings. The van der Waals surface area contributed by atoms with Gasteiger partial charge in [0.25, 0.3) is 0 Å². The van der Waals surface area contributed by atoms with Crippen LogP contribution in [0, 0.1) is 23.0 Å². The zero-order valence-electron chi connectivity index (χ0n) is 12.4. The second kappa shape index (κ2) is 6.34. The number of fused-ring (bicyclic) bond motifs is 1. The van der Waals surface area contributed by atoms with Crippen molar-refractivity contribution in [1.82, 2.24) is 4.98 Å². The molecule has 1 atom stereocenters. The number of Topliss-reactive ketones (excluding diaryl/α,β-unsaturated/α-hetero) is 1. The van der Waals surface area contributed by atoms with Gasteiger partial charge in [-0.05, 0) is 30.3 Å². The van der Waals surface area contributed by atoms with Gasteiger partial charge in [-0.3, -0.25) is 4.79 Å². The highest BCUT2D eigenvalue weighted by Crippen LogP contribution is 2.31. The first-order chi connectivity index (χ1) is 11.5. The number of thiazole rings is 1. The van der Waals surface area contributed by atoms with Crippen LogP contribution >= 0.6 is 11.3 Å². The Bertz CT molecular complexity index is 978. The van der Waals surface area contributed by atoms with Crippen molar-refractivity contribution in [2.45, 2.75) is 5.92 Å². The van der Waals surface area contributed by atoms with Gasteiger partial charge in [0.2, 0.25) is 0 Å². The minimum Gasteiger partial charge on any atom is -0.494 e. The van der Waals surface area contributed by atoms with Crippen molar-refractivity contribution < 1.29 is 18.3 Å². The van der Waals surface area contributed by atoms with Gasteiger partial charge >= 0.3 is 0 Å². The lowest BCUT2D eigenvalue weighted by Crippen LogP contribution is -2.11. The minimum atomic E-state index is -1.15. The topological polar surface area (TPSA) is 63.0 Å². The molecule has 7 heteroatoms. The van der Waals surface area contributed by atoms with Crippen molar-refractivity contribution in [2.75, 3.05) is 7.11 Å². The second-order valence-electron chi connectivity index (χ2n) is 4.94. The van der Waals surface area contributed by atoms with Crippen LogP contribution in [0.4, 0.5) is 8.78 Å². The van der Waals surface area contributed by atoms with E-state index < -0.39 is 23.3 Å². The lowest BCUT2D eigenvalue weighted by molar-refractivity contribution is 0.0978. The van der Waals surface area contributed by atoms with Crippen molar-refractivity contribution in [3.8, 4) is 11.8 Å². The third-order valence-electron chi connectivity index (χ3n) is 3.44. The van der Waals surface area contributed by atoms with Gasteiger partial charge in [-0.1, -0.05) is 0 Å². The predicted molar refractivity (Wildman–Crippen MR) is 85.2 cm³/mol. The molecule has 0 spiro atoms. The average molecular weight is 344 g/mol. The number of aromatic nitrogens is 1. The molecular weight excluding hydrogens is 334 g/mol. The van der Waals surface area contributed by atoms with E-state index in [0.717, 1.165) is 17.4 Å².